The maximum absolute atomic E-state index is 13.0. The molecule has 0 radical (unpaired) electrons. The minimum atomic E-state index is -3.31. The van der Waals surface area contributed by atoms with Crippen LogP contribution in [0.15, 0.2) is 42.5 Å². The van der Waals surface area contributed by atoms with Crippen molar-refractivity contribution in [1.29, 1.82) is 0 Å². The molecule has 1 heterocycles. The molecule has 27 heavy (non-hydrogen) atoms. The first-order chi connectivity index (χ1) is 12.8. The van der Waals surface area contributed by atoms with Gasteiger partial charge in [0.15, 0.2) is 0 Å². The van der Waals surface area contributed by atoms with E-state index in [1.165, 1.54) is 10.6 Å². The molecule has 0 aliphatic carbocycles. The van der Waals surface area contributed by atoms with Gasteiger partial charge in [-0.1, -0.05) is 35.7 Å². The fraction of sp³-hybridized carbons (Fsp3) is 0.286. The SMILES string of the molecule is C#CCN(Cc1ccc(C)cc1)C(=O)c1ccc2c(c1)CCN2S(C)(=O)=O. The first-order valence-electron chi connectivity index (χ1n) is 8.68. The molecule has 3 rings (SSSR count). The highest BCUT2D eigenvalue weighted by Gasteiger charge is 2.27. The van der Waals surface area contributed by atoms with E-state index < -0.39 is 10.0 Å². The fourth-order valence-corrected chi connectivity index (χ4v) is 4.21. The van der Waals surface area contributed by atoms with Crippen LogP contribution in [0.3, 0.4) is 0 Å². The lowest BCUT2D eigenvalue weighted by Gasteiger charge is -2.21. The van der Waals surface area contributed by atoms with E-state index in [4.69, 9.17) is 6.42 Å². The van der Waals surface area contributed by atoms with E-state index in [0.29, 0.717) is 30.8 Å². The van der Waals surface area contributed by atoms with E-state index in [2.05, 4.69) is 5.92 Å². The summed E-state index contributed by atoms with van der Waals surface area (Å²) >= 11 is 0. The van der Waals surface area contributed by atoms with Crippen molar-refractivity contribution < 1.29 is 13.2 Å². The molecular formula is C21H22N2O3S. The molecular weight excluding hydrogens is 360 g/mol. The maximum Gasteiger partial charge on any atom is 0.254 e. The van der Waals surface area contributed by atoms with Crippen LogP contribution in [-0.4, -0.2) is 38.6 Å². The molecule has 2 aromatic carbocycles. The topological polar surface area (TPSA) is 57.7 Å². The van der Waals surface area contributed by atoms with E-state index in [1.54, 1.807) is 23.1 Å². The Morgan fingerprint density at radius 2 is 1.93 bits per heavy atom. The van der Waals surface area contributed by atoms with Crippen LogP contribution in [0.1, 0.15) is 27.0 Å². The summed E-state index contributed by atoms with van der Waals surface area (Å²) in [4.78, 5) is 14.6. The van der Waals surface area contributed by atoms with Crippen molar-refractivity contribution in [3.05, 3.63) is 64.7 Å². The Labute approximate surface area is 160 Å². The number of hydrogen-bond donors (Lipinski definition) is 0. The predicted molar refractivity (Wildman–Crippen MR) is 107 cm³/mol. The van der Waals surface area contributed by atoms with Gasteiger partial charge < -0.3 is 4.90 Å². The minimum Gasteiger partial charge on any atom is -0.323 e. The molecule has 0 N–H and O–H groups in total. The summed E-state index contributed by atoms with van der Waals surface area (Å²) in [7, 11) is -3.31. The largest absolute Gasteiger partial charge is 0.323 e. The molecule has 1 aliphatic rings. The van der Waals surface area contributed by atoms with Gasteiger partial charge in [0.2, 0.25) is 10.0 Å². The zero-order chi connectivity index (χ0) is 19.6. The quantitative estimate of drug-likeness (QED) is 0.747. The molecule has 0 saturated heterocycles. The molecule has 0 fully saturated rings. The number of benzene rings is 2. The van der Waals surface area contributed by atoms with Crippen LogP contribution >= 0.6 is 0 Å². The molecule has 5 nitrogen and oxygen atoms in total. The second-order valence-corrected chi connectivity index (χ2v) is 8.69. The zero-order valence-electron chi connectivity index (χ0n) is 15.5. The van der Waals surface area contributed by atoms with Crippen LogP contribution in [0, 0.1) is 19.3 Å². The van der Waals surface area contributed by atoms with Gasteiger partial charge in [0.05, 0.1) is 18.5 Å². The molecule has 0 spiro atoms. The van der Waals surface area contributed by atoms with Crippen molar-refractivity contribution >= 4 is 21.6 Å². The Balaban J connectivity index is 1.85. The van der Waals surface area contributed by atoms with Gasteiger partial charge in [-0.05, 0) is 42.7 Å². The standard InChI is InChI=1S/C21H22N2O3S/c1-4-12-22(15-17-7-5-16(2)6-8-17)21(24)19-9-10-20-18(14-19)11-13-23(20)27(3,25)26/h1,5-10,14H,11-13,15H2,2-3H3. The van der Waals surface area contributed by atoms with Gasteiger partial charge in [0.25, 0.3) is 5.91 Å². The zero-order valence-corrected chi connectivity index (χ0v) is 16.3. The third-order valence-corrected chi connectivity index (χ3v) is 5.82. The lowest BCUT2D eigenvalue weighted by molar-refractivity contribution is 0.0765. The monoisotopic (exact) mass is 382 g/mol. The highest BCUT2D eigenvalue weighted by Crippen LogP contribution is 2.31. The molecule has 1 amide bonds. The van der Waals surface area contributed by atoms with Gasteiger partial charge in [0, 0.05) is 18.7 Å². The average molecular weight is 382 g/mol. The van der Waals surface area contributed by atoms with Gasteiger partial charge >= 0.3 is 0 Å². The normalized spacial score (nSPS) is 13.1. The fourth-order valence-electron chi connectivity index (χ4n) is 3.26. The molecule has 140 valence electrons. The second-order valence-electron chi connectivity index (χ2n) is 6.78. The number of carbonyl (C=O) groups excluding carboxylic acids is 1. The number of fused-ring (bicyclic) bond motifs is 1. The third kappa shape index (κ3) is 4.15. The smallest absolute Gasteiger partial charge is 0.254 e. The van der Waals surface area contributed by atoms with Gasteiger partial charge in [0.1, 0.15) is 0 Å². The highest BCUT2D eigenvalue weighted by molar-refractivity contribution is 7.92. The molecule has 0 atom stereocenters. The number of amides is 1. The summed E-state index contributed by atoms with van der Waals surface area (Å²) in [6.07, 6.45) is 7.25. The number of rotatable bonds is 5. The van der Waals surface area contributed by atoms with Crippen LogP contribution in [0.4, 0.5) is 5.69 Å². The number of terminal acetylenes is 1. The Bertz CT molecular complexity index is 1000. The summed E-state index contributed by atoms with van der Waals surface area (Å²) in [6.45, 7) is 3.05. The summed E-state index contributed by atoms with van der Waals surface area (Å²) in [5.41, 5.74) is 4.20. The number of sulfonamides is 1. The summed E-state index contributed by atoms with van der Waals surface area (Å²) < 4.78 is 25.1. The Kier molecular flexibility index (Phi) is 5.24. The van der Waals surface area contributed by atoms with Gasteiger partial charge in [-0.2, -0.15) is 0 Å². The summed E-state index contributed by atoms with van der Waals surface area (Å²) in [5.74, 6) is 2.39. The van der Waals surface area contributed by atoms with Crippen molar-refractivity contribution in [3.8, 4) is 12.3 Å². The van der Waals surface area contributed by atoms with Crippen LogP contribution in [0.2, 0.25) is 0 Å². The van der Waals surface area contributed by atoms with Crippen LogP contribution in [-0.2, 0) is 23.0 Å². The molecule has 2 aromatic rings. The predicted octanol–water partition coefficient (Wildman–Crippen LogP) is 2.59. The van der Waals surface area contributed by atoms with Crippen molar-refractivity contribution in [2.45, 2.75) is 19.9 Å². The highest BCUT2D eigenvalue weighted by atomic mass is 32.2. The van der Waals surface area contributed by atoms with Crippen LogP contribution in [0.5, 0.6) is 0 Å². The van der Waals surface area contributed by atoms with Gasteiger partial charge in [-0.15, -0.1) is 6.42 Å². The number of aryl methyl sites for hydroxylation is 1. The number of nitrogens with zero attached hydrogens (tertiary/aromatic N) is 2. The lowest BCUT2D eigenvalue weighted by Crippen LogP contribution is -2.31. The van der Waals surface area contributed by atoms with Gasteiger partial charge in [-0.25, -0.2) is 8.42 Å². The van der Waals surface area contributed by atoms with E-state index in [-0.39, 0.29) is 12.5 Å². The molecule has 0 unspecified atom stereocenters. The minimum absolute atomic E-state index is 0.158. The van der Waals surface area contributed by atoms with Crippen LogP contribution in [0.25, 0.3) is 0 Å². The van der Waals surface area contributed by atoms with Crippen molar-refractivity contribution in [2.24, 2.45) is 0 Å². The van der Waals surface area contributed by atoms with Crippen molar-refractivity contribution in [3.63, 3.8) is 0 Å². The Hall–Kier alpha value is -2.78. The molecule has 1 aliphatic heterocycles. The Morgan fingerprint density at radius 3 is 2.56 bits per heavy atom. The summed E-state index contributed by atoms with van der Waals surface area (Å²) in [5, 5.41) is 0. The number of anilines is 1. The van der Waals surface area contributed by atoms with Crippen molar-refractivity contribution in [1.82, 2.24) is 4.90 Å². The van der Waals surface area contributed by atoms with Crippen LogP contribution < -0.4 is 4.31 Å². The summed E-state index contributed by atoms with van der Waals surface area (Å²) in [6, 6.07) is 13.1. The van der Waals surface area contributed by atoms with E-state index in [9.17, 15) is 13.2 Å². The Morgan fingerprint density at radius 1 is 1.22 bits per heavy atom. The van der Waals surface area contributed by atoms with E-state index >= 15 is 0 Å². The maximum atomic E-state index is 13.0. The average Bonchev–Trinajstić information content (AvgIpc) is 3.06. The van der Waals surface area contributed by atoms with Gasteiger partial charge in [-0.3, -0.25) is 9.10 Å². The first-order valence-corrected chi connectivity index (χ1v) is 10.5. The first kappa shape index (κ1) is 19.0. The molecule has 0 saturated carbocycles. The number of hydrogen-bond acceptors (Lipinski definition) is 3. The van der Waals surface area contributed by atoms with E-state index in [1.807, 2.05) is 31.2 Å². The third-order valence-electron chi connectivity index (χ3n) is 4.64. The van der Waals surface area contributed by atoms with Crippen molar-refractivity contribution in [2.75, 3.05) is 23.7 Å². The van der Waals surface area contributed by atoms with E-state index in [0.717, 1.165) is 16.7 Å². The molecule has 6 heteroatoms. The number of carbonyl (C=O) groups is 1. The molecule has 0 aromatic heterocycles. The molecule has 0 bridgehead atoms. The second kappa shape index (κ2) is 7.45. The lowest BCUT2D eigenvalue weighted by atomic mass is 10.1.